The number of halogens is 1. The summed E-state index contributed by atoms with van der Waals surface area (Å²) in [7, 11) is 0. The summed E-state index contributed by atoms with van der Waals surface area (Å²) >= 11 is 0. The van der Waals surface area contributed by atoms with Crippen LogP contribution in [-0.2, 0) is 14.4 Å². The summed E-state index contributed by atoms with van der Waals surface area (Å²) in [6.07, 6.45) is 0.543. The molecule has 2 aromatic carbocycles. The van der Waals surface area contributed by atoms with Crippen molar-refractivity contribution in [3.63, 3.8) is 0 Å². The van der Waals surface area contributed by atoms with Gasteiger partial charge < -0.3 is 15.1 Å². The van der Waals surface area contributed by atoms with Gasteiger partial charge in [0.1, 0.15) is 12.2 Å². The van der Waals surface area contributed by atoms with Crippen LogP contribution < -0.4 is 5.32 Å². The molecule has 0 radical (unpaired) electrons. The van der Waals surface area contributed by atoms with E-state index >= 15 is 0 Å². The van der Waals surface area contributed by atoms with Crippen molar-refractivity contribution in [2.75, 3.05) is 19.6 Å². The first kappa shape index (κ1) is 27.8. The van der Waals surface area contributed by atoms with E-state index in [9.17, 15) is 18.8 Å². The first-order valence-electron chi connectivity index (χ1n) is 13.7. The van der Waals surface area contributed by atoms with Crippen LogP contribution in [0.2, 0.25) is 0 Å². The fourth-order valence-corrected chi connectivity index (χ4v) is 5.73. The van der Waals surface area contributed by atoms with Crippen LogP contribution in [0.3, 0.4) is 0 Å². The predicted octanol–water partition coefficient (Wildman–Crippen LogP) is 4.99. The molecule has 0 aromatic heterocycles. The number of hydrogen-bond donors (Lipinski definition) is 1. The molecule has 4 unspecified atom stereocenters. The second-order valence-corrected chi connectivity index (χ2v) is 11.4. The van der Waals surface area contributed by atoms with Crippen molar-refractivity contribution in [3.8, 4) is 0 Å². The molecule has 38 heavy (non-hydrogen) atoms. The van der Waals surface area contributed by atoms with E-state index in [1.165, 1.54) is 10.5 Å². The molecule has 3 amide bonds. The van der Waals surface area contributed by atoms with Crippen molar-refractivity contribution in [1.29, 1.82) is 0 Å². The van der Waals surface area contributed by atoms with Gasteiger partial charge in [0.2, 0.25) is 17.7 Å². The molecular weight excluding hydrogens is 481 g/mol. The highest BCUT2D eigenvalue weighted by Crippen LogP contribution is 2.36. The smallest absolute Gasteiger partial charge is 0.243 e. The Labute approximate surface area is 225 Å². The van der Waals surface area contributed by atoms with Gasteiger partial charge in [-0.2, -0.15) is 0 Å². The molecular formula is C31H40FN3O3. The third-order valence-electron chi connectivity index (χ3n) is 8.22. The summed E-state index contributed by atoms with van der Waals surface area (Å²) in [5.74, 6) is -0.151. The molecule has 2 aromatic rings. The van der Waals surface area contributed by atoms with Gasteiger partial charge in [-0.05, 0) is 41.9 Å². The fourth-order valence-electron chi connectivity index (χ4n) is 5.73. The Kier molecular flexibility index (Phi) is 8.54. The number of rotatable bonds is 6. The Bertz CT molecular complexity index is 1140. The van der Waals surface area contributed by atoms with Crippen molar-refractivity contribution in [1.82, 2.24) is 15.1 Å². The second-order valence-electron chi connectivity index (χ2n) is 11.4. The number of carbonyl (C=O) groups is 3. The maximum atomic E-state index is 14.8. The summed E-state index contributed by atoms with van der Waals surface area (Å²) in [6.45, 7) is 8.73. The van der Waals surface area contributed by atoms with Gasteiger partial charge in [-0.1, -0.05) is 75.4 Å². The van der Waals surface area contributed by atoms with Gasteiger partial charge >= 0.3 is 0 Å². The largest absolute Gasteiger partial charge is 0.343 e. The van der Waals surface area contributed by atoms with Gasteiger partial charge in [0.25, 0.3) is 0 Å². The van der Waals surface area contributed by atoms with Crippen molar-refractivity contribution >= 4 is 17.7 Å². The van der Waals surface area contributed by atoms with E-state index in [0.717, 1.165) is 11.1 Å². The van der Waals surface area contributed by atoms with Crippen LogP contribution in [-0.4, -0.2) is 59.4 Å². The van der Waals surface area contributed by atoms with Crippen LogP contribution in [0.4, 0.5) is 4.39 Å². The molecule has 0 aliphatic carbocycles. The van der Waals surface area contributed by atoms with Crippen LogP contribution in [0.15, 0.2) is 54.6 Å². The van der Waals surface area contributed by atoms with E-state index in [4.69, 9.17) is 0 Å². The highest BCUT2D eigenvalue weighted by atomic mass is 19.1. The Balaban J connectivity index is 1.56. The molecule has 0 spiro atoms. The lowest BCUT2D eigenvalue weighted by molar-refractivity contribution is -0.147. The summed E-state index contributed by atoms with van der Waals surface area (Å²) < 4.78 is 14.8. The summed E-state index contributed by atoms with van der Waals surface area (Å²) in [4.78, 5) is 42.6. The molecule has 2 aliphatic rings. The first-order chi connectivity index (χ1) is 18.1. The second kappa shape index (κ2) is 11.7. The lowest BCUT2D eigenvalue weighted by Crippen LogP contribution is -2.51. The predicted molar refractivity (Wildman–Crippen MR) is 146 cm³/mol. The fraction of sp³-hybridized carbons (Fsp3) is 0.516. The number of amides is 3. The standard InChI is InChI=1S/C31H40FN3O3/c1-21(2)23-11-13-25(14-12-23)28(24-9-6-5-7-10-24)33-29(37)27-19-26(32)20-35(27)30(38)31(4)15-8-17-34(18-16-31)22(3)36/h5-7,9-14,21,26-28H,8,15-20H2,1-4H3,(H,33,37). The quantitative estimate of drug-likeness (QED) is 0.582. The van der Waals surface area contributed by atoms with Crippen molar-refractivity contribution in [3.05, 3.63) is 71.3 Å². The van der Waals surface area contributed by atoms with Crippen LogP contribution in [0, 0.1) is 5.41 Å². The molecule has 4 rings (SSSR count). The Morgan fingerprint density at radius 3 is 2.21 bits per heavy atom. The molecule has 2 heterocycles. The maximum absolute atomic E-state index is 14.8. The van der Waals surface area contributed by atoms with Crippen molar-refractivity contribution < 1.29 is 18.8 Å². The Hall–Kier alpha value is -3.22. The Morgan fingerprint density at radius 2 is 1.58 bits per heavy atom. The monoisotopic (exact) mass is 521 g/mol. The minimum absolute atomic E-state index is 0.00247. The SMILES string of the molecule is CC(=O)N1CCCC(C)(C(=O)N2CC(F)CC2C(=O)NC(c2ccccc2)c2ccc(C(C)C)cc2)CC1. The summed E-state index contributed by atoms with van der Waals surface area (Å²) in [5.41, 5.74) is 2.32. The maximum Gasteiger partial charge on any atom is 0.243 e. The topological polar surface area (TPSA) is 69.7 Å². The average Bonchev–Trinajstić information content (AvgIpc) is 3.18. The van der Waals surface area contributed by atoms with Gasteiger partial charge in [-0.3, -0.25) is 14.4 Å². The van der Waals surface area contributed by atoms with Gasteiger partial charge in [-0.15, -0.1) is 0 Å². The number of benzene rings is 2. The molecule has 6 nitrogen and oxygen atoms in total. The molecule has 4 atom stereocenters. The van der Waals surface area contributed by atoms with E-state index in [1.807, 2.05) is 49.4 Å². The third-order valence-corrected chi connectivity index (χ3v) is 8.22. The number of nitrogens with zero attached hydrogens (tertiary/aromatic N) is 2. The summed E-state index contributed by atoms with van der Waals surface area (Å²) in [6, 6.07) is 16.6. The van der Waals surface area contributed by atoms with E-state index in [2.05, 4.69) is 31.3 Å². The average molecular weight is 522 g/mol. The number of nitrogens with one attached hydrogen (secondary N) is 1. The Morgan fingerprint density at radius 1 is 0.947 bits per heavy atom. The lowest BCUT2D eigenvalue weighted by Gasteiger charge is -2.35. The zero-order valence-corrected chi connectivity index (χ0v) is 23.0. The van der Waals surface area contributed by atoms with Gasteiger partial charge in [0, 0.05) is 31.8 Å². The third kappa shape index (κ3) is 6.08. The zero-order valence-electron chi connectivity index (χ0n) is 23.0. The van der Waals surface area contributed by atoms with Crippen molar-refractivity contribution in [2.24, 2.45) is 5.41 Å². The molecule has 0 bridgehead atoms. The normalized spacial score (nSPS) is 24.7. The first-order valence-corrected chi connectivity index (χ1v) is 13.7. The van der Waals surface area contributed by atoms with Gasteiger partial charge in [0.15, 0.2) is 0 Å². The van der Waals surface area contributed by atoms with Gasteiger partial charge in [-0.25, -0.2) is 4.39 Å². The molecule has 204 valence electrons. The van der Waals surface area contributed by atoms with E-state index in [1.54, 1.807) is 11.8 Å². The minimum atomic E-state index is -1.25. The molecule has 2 saturated heterocycles. The number of likely N-dealkylation sites (tertiary alicyclic amines) is 2. The van der Waals surface area contributed by atoms with Crippen LogP contribution in [0.25, 0.3) is 0 Å². The summed E-state index contributed by atoms with van der Waals surface area (Å²) in [5, 5.41) is 3.14. The minimum Gasteiger partial charge on any atom is -0.343 e. The van der Waals surface area contributed by atoms with Gasteiger partial charge in [0.05, 0.1) is 12.6 Å². The highest BCUT2D eigenvalue weighted by Gasteiger charge is 2.47. The highest BCUT2D eigenvalue weighted by molar-refractivity contribution is 5.91. The number of carbonyl (C=O) groups excluding carboxylic acids is 3. The van der Waals surface area contributed by atoms with E-state index in [-0.39, 0.29) is 30.7 Å². The van der Waals surface area contributed by atoms with Crippen LogP contribution >= 0.6 is 0 Å². The number of alkyl halides is 1. The zero-order chi connectivity index (χ0) is 27.4. The van der Waals surface area contributed by atoms with Crippen molar-refractivity contribution in [2.45, 2.75) is 77.6 Å². The van der Waals surface area contributed by atoms with Crippen LogP contribution in [0.5, 0.6) is 0 Å². The molecule has 2 aliphatic heterocycles. The molecule has 0 saturated carbocycles. The van der Waals surface area contributed by atoms with E-state index < -0.39 is 23.7 Å². The number of hydrogen-bond acceptors (Lipinski definition) is 3. The molecule has 7 heteroatoms. The molecule has 2 fully saturated rings. The van der Waals surface area contributed by atoms with E-state index in [0.29, 0.717) is 38.3 Å². The molecule has 1 N–H and O–H groups in total. The van der Waals surface area contributed by atoms with Crippen LogP contribution in [0.1, 0.15) is 82.0 Å². The lowest BCUT2D eigenvalue weighted by atomic mass is 9.81.